The van der Waals surface area contributed by atoms with Gasteiger partial charge in [-0.05, 0) is 54.2 Å². The van der Waals surface area contributed by atoms with Gasteiger partial charge in [-0.25, -0.2) is 9.59 Å². The predicted octanol–water partition coefficient (Wildman–Crippen LogP) is 2.78. The highest BCUT2D eigenvalue weighted by molar-refractivity contribution is 5.94. The molecule has 1 saturated heterocycles. The van der Waals surface area contributed by atoms with Crippen molar-refractivity contribution in [2.75, 3.05) is 45.9 Å². The van der Waals surface area contributed by atoms with Crippen molar-refractivity contribution in [2.24, 2.45) is 0 Å². The third-order valence-electron chi connectivity index (χ3n) is 7.15. The Kier molecular flexibility index (Phi) is 5.98. The molecule has 1 fully saturated rings. The number of esters is 2. The monoisotopic (exact) mass is 434 g/mol. The van der Waals surface area contributed by atoms with Crippen LogP contribution in [0.5, 0.6) is 0 Å². The van der Waals surface area contributed by atoms with Gasteiger partial charge in [0.15, 0.2) is 0 Å². The lowest BCUT2D eigenvalue weighted by molar-refractivity contribution is 0.0478. The number of fused-ring (bicyclic) bond motifs is 2. The largest absolute Gasteiger partial charge is 0.462 e. The average molecular weight is 435 g/mol. The number of cyclic esters (lactones) is 2. The van der Waals surface area contributed by atoms with Crippen molar-refractivity contribution >= 4 is 11.9 Å². The van der Waals surface area contributed by atoms with Gasteiger partial charge in [-0.2, -0.15) is 0 Å². The second kappa shape index (κ2) is 9.04. The molecule has 3 aliphatic heterocycles. The van der Waals surface area contributed by atoms with Crippen LogP contribution < -0.4 is 0 Å². The molecule has 168 valence electrons. The van der Waals surface area contributed by atoms with Crippen LogP contribution in [0.1, 0.15) is 48.5 Å². The van der Waals surface area contributed by atoms with E-state index in [0.717, 1.165) is 80.8 Å². The summed E-state index contributed by atoms with van der Waals surface area (Å²) >= 11 is 0. The van der Waals surface area contributed by atoms with Gasteiger partial charge < -0.3 is 19.3 Å². The summed E-state index contributed by atoms with van der Waals surface area (Å²) in [7, 11) is 0. The van der Waals surface area contributed by atoms with Crippen LogP contribution in [0.25, 0.3) is 0 Å². The molecule has 0 bridgehead atoms. The minimum absolute atomic E-state index is 0.189. The fraction of sp³-hybridized carbons (Fsp3) is 0.462. The summed E-state index contributed by atoms with van der Waals surface area (Å²) in [5.74, 6) is -0.380. The van der Waals surface area contributed by atoms with Crippen molar-refractivity contribution in [1.82, 2.24) is 9.80 Å². The van der Waals surface area contributed by atoms with Crippen LogP contribution >= 0.6 is 0 Å². The van der Waals surface area contributed by atoms with Crippen LogP contribution in [-0.4, -0.2) is 67.6 Å². The number of piperazine rings is 1. The highest BCUT2D eigenvalue weighted by Gasteiger charge is 2.24. The van der Waals surface area contributed by atoms with Crippen molar-refractivity contribution in [3.63, 3.8) is 0 Å². The number of nitrogens with zero attached hydrogens (tertiary/aromatic N) is 2. The maximum absolute atomic E-state index is 11.8. The Balaban J connectivity index is 1.08. The summed E-state index contributed by atoms with van der Waals surface area (Å²) in [5.41, 5.74) is 7.49. The standard InChI is InChI=1S/C26H30N2O4/c1-18-20(3-5-23-24(18)17-32-26(23)30)7-10-28-13-11-27(12-14-28)9-6-19-2-4-22-21(16-19)8-15-31-25(22)29/h2-5,16H,6-15,17H2,1H3. The molecular weight excluding hydrogens is 404 g/mol. The molecule has 2 aromatic rings. The highest BCUT2D eigenvalue weighted by Crippen LogP contribution is 2.26. The van der Waals surface area contributed by atoms with E-state index in [1.165, 1.54) is 16.7 Å². The molecule has 6 heteroatoms. The van der Waals surface area contributed by atoms with E-state index < -0.39 is 0 Å². The van der Waals surface area contributed by atoms with Gasteiger partial charge in [0.1, 0.15) is 6.61 Å². The number of carbonyl (C=O) groups is 2. The molecule has 0 amide bonds. The smallest absolute Gasteiger partial charge is 0.338 e. The summed E-state index contributed by atoms with van der Waals surface area (Å²) in [5, 5.41) is 0. The van der Waals surface area contributed by atoms with E-state index in [2.05, 4.69) is 34.9 Å². The van der Waals surface area contributed by atoms with Gasteiger partial charge in [0, 0.05) is 51.3 Å². The Morgan fingerprint density at radius 3 is 2.31 bits per heavy atom. The number of hydrogen-bond acceptors (Lipinski definition) is 6. The fourth-order valence-electron chi connectivity index (χ4n) is 5.01. The molecule has 0 N–H and O–H groups in total. The summed E-state index contributed by atoms with van der Waals surface area (Å²) in [6, 6.07) is 10.2. The summed E-state index contributed by atoms with van der Waals surface area (Å²) in [6.07, 6.45) is 2.84. The quantitative estimate of drug-likeness (QED) is 0.652. The Labute approximate surface area is 189 Å². The van der Waals surface area contributed by atoms with Crippen LogP contribution in [0, 0.1) is 6.92 Å². The van der Waals surface area contributed by atoms with Crippen LogP contribution in [0.2, 0.25) is 0 Å². The van der Waals surface area contributed by atoms with E-state index in [1.807, 2.05) is 12.1 Å². The average Bonchev–Trinajstić information content (AvgIpc) is 3.19. The second-order valence-corrected chi connectivity index (χ2v) is 9.01. The minimum atomic E-state index is -0.191. The molecule has 32 heavy (non-hydrogen) atoms. The van der Waals surface area contributed by atoms with Crippen LogP contribution in [-0.2, 0) is 35.3 Å². The SMILES string of the molecule is Cc1c(CCN2CCN(CCc3ccc4c(c3)CCOC4=O)CC2)ccc2c1COC2=O. The van der Waals surface area contributed by atoms with Crippen molar-refractivity contribution in [1.29, 1.82) is 0 Å². The van der Waals surface area contributed by atoms with E-state index in [9.17, 15) is 9.59 Å². The number of ether oxygens (including phenoxy) is 2. The fourth-order valence-corrected chi connectivity index (χ4v) is 5.01. The topological polar surface area (TPSA) is 59.1 Å². The molecule has 0 unspecified atom stereocenters. The molecule has 2 aromatic carbocycles. The molecule has 0 atom stereocenters. The first-order chi connectivity index (χ1) is 15.6. The van der Waals surface area contributed by atoms with E-state index >= 15 is 0 Å². The summed E-state index contributed by atoms with van der Waals surface area (Å²) in [4.78, 5) is 28.6. The molecule has 3 aliphatic rings. The van der Waals surface area contributed by atoms with Crippen LogP contribution in [0.3, 0.4) is 0 Å². The van der Waals surface area contributed by atoms with Crippen molar-refractivity contribution < 1.29 is 19.1 Å². The first kappa shape index (κ1) is 21.2. The van der Waals surface area contributed by atoms with Gasteiger partial charge in [-0.3, -0.25) is 0 Å². The lowest BCUT2D eigenvalue weighted by Crippen LogP contribution is -2.47. The van der Waals surface area contributed by atoms with Gasteiger partial charge in [0.2, 0.25) is 0 Å². The van der Waals surface area contributed by atoms with Crippen molar-refractivity contribution in [3.8, 4) is 0 Å². The lowest BCUT2D eigenvalue weighted by atomic mass is 9.96. The molecule has 0 radical (unpaired) electrons. The van der Waals surface area contributed by atoms with Gasteiger partial charge in [-0.15, -0.1) is 0 Å². The number of carbonyl (C=O) groups excluding carboxylic acids is 2. The zero-order valence-electron chi connectivity index (χ0n) is 18.7. The van der Waals surface area contributed by atoms with Gasteiger partial charge in [0.05, 0.1) is 17.7 Å². The Bertz CT molecular complexity index is 1040. The molecule has 0 saturated carbocycles. The molecule has 3 heterocycles. The maximum atomic E-state index is 11.8. The lowest BCUT2D eigenvalue weighted by Gasteiger charge is -2.35. The highest BCUT2D eigenvalue weighted by atomic mass is 16.5. The maximum Gasteiger partial charge on any atom is 0.338 e. The normalized spacial score (nSPS) is 18.8. The van der Waals surface area contributed by atoms with Gasteiger partial charge in [-0.1, -0.05) is 18.2 Å². The molecular formula is C26H30N2O4. The van der Waals surface area contributed by atoms with E-state index in [1.54, 1.807) is 0 Å². The van der Waals surface area contributed by atoms with Gasteiger partial charge in [0.25, 0.3) is 0 Å². The molecule has 6 nitrogen and oxygen atoms in total. The summed E-state index contributed by atoms with van der Waals surface area (Å²) in [6.45, 7) is 9.46. The Morgan fingerprint density at radius 1 is 0.844 bits per heavy atom. The van der Waals surface area contributed by atoms with E-state index in [-0.39, 0.29) is 11.9 Å². The predicted molar refractivity (Wildman–Crippen MR) is 121 cm³/mol. The first-order valence-electron chi connectivity index (χ1n) is 11.6. The van der Waals surface area contributed by atoms with Crippen molar-refractivity contribution in [2.45, 2.75) is 32.8 Å². The van der Waals surface area contributed by atoms with Crippen molar-refractivity contribution in [3.05, 3.63) is 69.3 Å². The number of rotatable bonds is 6. The zero-order chi connectivity index (χ0) is 22.1. The Morgan fingerprint density at radius 2 is 1.53 bits per heavy atom. The van der Waals surface area contributed by atoms with E-state index in [4.69, 9.17) is 9.47 Å². The first-order valence-corrected chi connectivity index (χ1v) is 11.6. The summed E-state index contributed by atoms with van der Waals surface area (Å²) < 4.78 is 10.3. The third-order valence-corrected chi connectivity index (χ3v) is 7.15. The molecule has 5 rings (SSSR count). The Hall–Kier alpha value is -2.70. The third kappa shape index (κ3) is 4.30. The number of hydrogen-bond donors (Lipinski definition) is 0. The van der Waals surface area contributed by atoms with E-state index in [0.29, 0.717) is 13.2 Å². The second-order valence-electron chi connectivity index (χ2n) is 9.01. The minimum Gasteiger partial charge on any atom is -0.462 e. The molecule has 0 aromatic heterocycles. The molecule has 0 spiro atoms. The van der Waals surface area contributed by atoms with Gasteiger partial charge >= 0.3 is 11.9 Å². The molecule has 0 aliphatic carbocycles. The number of benzene rings is 2. The van der Waals surface area contributed by atoms with Crippen LogP contribution in [0.15, 0.2) is 30.3 Å². The zero-order valence-corrected chi connectivity index (χ0v) is 18.7. The van der Waals surface area contributed by atoms with Crippen LogP contribution in [0.4, 0.5) is 0 Å².